The van der Waals surface area contributed by atoms with Crippen LogP contribution in [-0.2, 0) is 9.59 Å². The van der Waals surface area contributed by atoms with E-state index in [0.29, 0.717) is 23.2 Å². The Bertz CT molecular complexity index is 1010. The number of benzene rings is 1. The van der Waals surface area contributed by atoms with Gasteiger partial charge in [0.05, 0.1) is 11.1 Å². The zero-order chi connectivity index (χ0) is 24.0. The first-order chi connectivity index (χ1) is 16.3. The summed E-state index contributed by atoms with van der Waals surface area (Å²) in [5.41, 5.74) is 1.61. The van der Waals surface area contributed by atoms with Crippen LogP contribution in [0.4, 0.5) is 5.69 Å². The SMILES string of the molecule is C[C@@H]1CN(c2ccc3c(c2)C(=O)N(C2CCC(=O)NC2=O)C3=O)C[C@H](C)N1CC1CCCCC1. The van der Waals surface area contributed by atoms with Crippen LogP contribution in [0.1, 0.15) is 79.5 Å². The van der Waals surface area contributed by atoms with Gasteiger partial charge in [-0.2, -0.15) is 0 Å². The van der Waals surface area contributed by atoms with Gasteiger partial charge in [-0.05, 0) is 57.2 Å². The Balaban J connectivity index is 1.31. The van der Waals surface area contributed by atoms with Crippen molar-refractivity contribution in [1.29, 1.82) is 0 Å². The fourth-order valence-corrected chi connectivity index (χ4v) is 6.25. The summed E-state index contributed by atoms with van der Waals surface area (Å²) in [5, 5.41) is 2.24. The van der Waals surface area contributed by atoms with Crippen LogP contribution in [0.5, 0.6) is 0 Å². The Morgan fingerprint density at radius 2 is 1.56 bits per heavy atom. The maximum Gasteiger partial charge on any atom is 0.262 e. The molecular weight excluding hydrogens is 432 g/mol. The van der Waals surface area contributed by atoms with Crippen LogP contribution in [0, 0.1) is 5.92 Å². The van der Waals surface area contributed by atoms with Gasteiger partial charge in [-0.15, -0.1) is 0 Å². The molecule has 3 heterocycles. The molecule has 1 aromatic carbocycles. The van der Waals surface area contributed by atoms with E-state index in [-0.39, 0.29) is 18.7 Å². The number of hydrogen-bond acceptors (Lipinski definition) is 6. The number of nitrogens with one attached hydrogen (secondary N) is 1. The van der Waals surface area contributed by atoms with E-state index in [4.69, 9.17) is 0 Å². The molecule has 3 aliphatic heterocycles. The van der Waals surface area contributed by atoms with Crippen LogP contribution in [0.15, 0.2) is 18.2 Å². The summed E-state index contributed by atoms with van der Waals surface area (Å²) in [6.45, 7) is 7.45. The Morgan fingerprint density at radius 3 is 2.24 bits per heavy atom. The number of carbonyl (C=O) groups excluding carboxylic acids is 4. The predicted molar refractivity (Wildman–Crippen MR) is 128 cm³/mol. The fraction of sp³-hybridized carbons (Fsp3) is 0.615. The minimum atomic E-state index is -0.933. The fourth-order valence-electron chi connectivity index (χ4n) is 6.25. The number of amides is 4. The number of carbonyl (C=O) groups is 4. The highest BCUT2D eigenvalue weighted by atomic mass is 16.2. The minimum Gasteiger partial charge on any atom is -0.368 e. The van der Waals surface area contributed by atoms with Gasteiger partial charge in [0.15, 0.2) is 0 Å². The quantitative estimate of drug-likeness (QED) is 0.686. The molecule has 5 rings (SSSR count). The Labute approximate surface area is 200 Å². The molecule has 182 valence electrons. The van der Waals surface area contributed by atoms with Crippen molar-refractivity contribution >= 4 is 29.3 Å². The number of rotatable bonds is 4. The van der Waals surface area contributed by atoms with Crippen molar-refractivity contribution in [3.05, 3.63) is 29.3 Å². The molecule has 4 amide bonds. The molecule has 3 atom stereocenters. The summed E-state index contributed by atoms with van der Waals surface area (Å²) in [5.74, 6) is -1.06. The maximum absolute atomic E-state index is 13.2. The number of fused-ring (bicyclic) bond motifs is 1. The summed E-state index contributed by atoms with van der Waals surface area (Å²) in [4.78, 5) is 55.9. The molecule has 1 aliphatic carbocycles. The molecule has 1 saturated carbocycles. The van der Waals surface area contributed by atoms with Gasteiger partial charge in [-0.1, -0.05) is 19.3 Å². The van der Waals surface area contributed by atoms with Crippen LogP contribution < -0.4 is 10.2 Å². The van der Waals surface area contributed by atoms with Crippen molar-refractivity contribution < 1.29 is 19.2 Å². The highest BCUT2D eigenvalue weighted by Crippen LogP contribution is 2.33. The first-order valence-corrected chi connectivity index (χ1v) is 12.7. The number of imide groups is 2. The van der Waals surface area contributed by atoms with Crippen molar-refractivity contribution in [3.8, 4) is 0 Å². The summed E-state index contributed by atoms with van der Waals surface area (Å²) >= 11 is 0. The van der Waals surface area contributed by atoms with Crippen LogP contribution in [0.25, 0.3) is 0 Å². The predicted octanol–water partition coefficient (Wildman–Crippen LogP) is 2.57. The largest absolute Gasteiger partial charge is 0.368 e. The van der Waals surface area contributed by atoms with E-state index in [1.807, 2.05) is 6.07 Å². The average molecular weight is 467 g/mol. The Morgan fingerprint density at radius 1 is 0.882 bits per heavy atom. The van der Waals surface area contributed by atoms with Crippen molar-refractivity contribution in [2.45, 2.75) is 76.9 Å². The molecule has 34 heavy (non-hydrogen) atoms. The summed E-state index contributed by atoms with van der Waals surface area (Å²) in [6, 6.07) is 5.29. The smallest absolute Gasteiger partial charge is 0.262 e. The van der Waals surface area contributed by atoms with Crippen molar-refractivity contribution in [1.82, 2.24) is 15.1 Å². The summed E-state index contributed by atoms with van der Waals surface area (Å²) in [6.07, 6.45) is 7.04. The number of piperidine rings is 1. The lowest BCUT2D eigenvalue weighted by Crippen LogP contribution is -2.58. The number of nitrogens with zero attached hydrogens (tertiary/aromatic N) is 3. The van der Waals surface area contributed by atoms with Gasteiger partial charge < -0.3 is 4.90 Å². The standard InChI is InChI=1S/C26H34N4O4/c1-16-13-28(14-17(2)29(16)15-18-6-4-3-5-7-18)19-8-9-20-21(12-19)26(34)30(25(20)33)22-10-11-23(31)27-24(22)32/h8-9,12,16-18,22H,3-7,10-11,13-15H2,1-2H3,(H,27,31,32)/t16-,17+,22?. The molecule has 4 aliphatic rings. The molecule has 1 unspecified atom stereocenters. The molecule has 8 heteroatoms. The van der Waals surface area contributed by atoms with Gasteiger partial charge in [0.1, 0.15) is 6.04 Å². The molecule has 1 aromatic rings. The van der Waals surface area contributed by atoms with E-state index >= 15 is 0 Å². The maximum atomic E-state index is 13.2. The lowest BCUT2D eigenvalue weighted by atomic mass is 9.88. The third kappa shape index (κ3) is 4.13. The topological polar surface area (TPSA) is 90.0 Å². The minimum absolute atomic E-state index is 0.121. The second-order valence-electron chi connectivity index (χ2n) is 10.5. The van der Waals surface area contributed by atoms with E-state index < -0.39 is 23.8 Å². The first kappa shape index (κ1) is 23.0. The van der Waals surface area contributed by atoms with E-state index in [2.05, 4.69) is 29.0 Å². The lowest BCUT2D eigenvalue weighted by molar-refractivity contribution is -0.136. The van der Waals surface area contributed by atoms with Crippen molar-refractivity contribution in [2.75, 3.05) is 24.5 Å². The molecule has 0 radical (unpaired) electrons. The Kier molecular flexibility index (Phi) is 6.18. The van der Waals surface area contributed by atoms with Gasteiger partial charge in [0.2, 0.25) is 11.8 Å². The molecular formula is C26H34N4O4. The third-order valence-corrected chi connectivity index (χ3v) is 8.08. The normalized spacial score (nSPS) is 28.9. The van der Waals surface area contributed by atoms with Crippen LogP contribution >= 0.6 is 0 Å². The van der Waals surface area contributed by atoms with Gasteiger partial charge >= 0.3 is 0 Å². The van der Waals surface area contributed by atoms with Gasteiger partial charge in [-0.3, -0.25) is 34.3 Å². The zero-order valence-corrected chi connectivity index (χ0v) is 20.1. The van der Waals surface area contributed by atoms with Crippen molar-refractivity contribution in [2.24, 2.45) is 5.92 Å². The number of hydrogen-bond donors (Lipinski definition) is 1. The molecule has 8 nitrogen and oxygen atoms in total. The van der Waals surface area contributed by atoms with Crippen molar-refractivity contribution in [3.63, 3.8) is 0 Å². The number of piperazine rings is 1. The molecule has 0 bridgehead atoms. The monoisotopic (exact) mass is 466 g/mol. The Hall–Kier alpha value is -2.74. The summed E-state index contributed by atoms with van der Waals surface area (Å²) < 4.78 is 0. The number of anilines is 1. The van der Waals surface area contributed by atoms with E-state index in [1.54, 1.807) is 12.1 Å². The summed E-state index contributed by atoms with van der Waals surface area (Å²) in [7, 11) is 0. The average Bonchev–Trinajstić information content (AvgIpc) is 3.06. The lowest BCUT2D eigenvalue weighted by Gasteiger charge is -2.47. The highest BCUT2D eigenvalue weighted by molar-refractivity contribution is 6.23. The van der Waals surface area contributed by atoms with E-state index in [9.17, 15) is 19.2 Å². The van der Waals surface area contributed by atoms with Crippen LogP contribution in [0.3, 0.4) is 0 Å². The van der Waals surface area contributed by atoms with Gasteiger partial charge in [-0.25, -0.2) is 0 Å². The highest BCUT2D eigenvalue weighted by Gasteiger charge is 2.45. The van der Waals surface area contributed by atoms with E-state index in [1.165, 1.54) is 32.1 Å². The third-order valence-electron chi connectivity index (χ3n) is 8.08. The molecule has 2 saturated heterocycles. The van der Waals surface area contributed by atoms with Crippen LogP contribution in [-0.4, -0.2) is 71.2 Å². The first-order valence-electron chi connectivity index (χ1n) is 12.7. The van der Waals surface area contributed by atoms with Crippen LogP contribution in [0.2, 0.25) is 0 Å². The van der Waals surface area contributed by atoms with Gasteiger partial charge in [0, 0.05) is 43.8 Å². The molecule has 0 aromatic heterocycles. The van der Waals surface area contributed by atoms with Gasteiger partial charge in [0.25, 0.3) is 11.8 Å². The second-order valence-corrected chi connectivity index (χ2v) is 10.5. The molecule has 1 N–H and O–H groups in total. The van der Waals surface area contributed by atoms with E-state index in [0.717, 1.165) is 36.1 Å². The second kappa shape index (κ2) is 9.13. The zero-order valence-electron chi connectivity index (χ0n) is 20.1. The molecule has 0 spiro atoms. The molecule has 3 fully saturated rings.